The van der Waals surface area contributed by atoms with Crippen LogP contribution in [-0.4, -0.2) is 15.5 Å². The number of fused-ring (bicyclic) bond motifs is 3. The molecule has 0 radical (unpaired) electrons. The van der Waals surface area contributed by atoms with Crippen LogP contribution >= 0.6 is 0 Å². The summed E-state index contributed by atoms with van der Waals surface area (Å²) < 4.78 is 15.3. The van der Waals surface area contributed by atoms with Crippen molar-refractivity contribution in [1.29, 1.82) is 0 Å². The van der Waals surface area contributed by atoms with E-state index in [2.05, 4.69) is 41.9 Å². The smallest absolute Gasteiger partial charge is 0.318 e. The van der Waals surface area contributed by atoms with E-state index in [4.69, 9.17) is 0 Å². The first-order valence-electron chi connectivity index (χ1n) is 9.13. The average molecular weight is 363 g/mol. The second kappa shape index (κ2) is 6.91. The van der Waals surface area contributed by atoms with E-state index in [-0.39, 0.29) is 23.8 Å². The summed E-state index contributed by atoms with van der Waals surface area (Å²) in [5.74, 6) is -0.0958. The van der Waals surface area contributed by atoms with Crippen molar-refractivity contribution in [3.63, 3.8) is 0 Å². The SMILES string of the molecule is CC(C)[C@@H]1c2cccn2-c2ccccc2CN1C(=O)Nc1ccc(F)cc1. The molecule has 2 heterocycles. The number of para-hydroxylation sites is 1. The summed E-state index contributed by atoms with van der Waals surface area (Å²) in [5, 5.41) is 2.92. The zero-order chi connectivity index (χ0) is 19.0. The first-order valence-corrected chi connectivity index (χ1v) is 9.13. The fraction of sp³-hybridized carbons (Fsp3) is 0.227. The molecule has 0 spiro atoms. The van der Waals surface area contributed by atoms with Crippen LogP contribution in [0.1, 0.15) is 31.1 Å². The van der Waals surface area contributed by atoms with Gasteiger partial charge >= 0.3 is 6.03 Å². The molecule has 27 heavy (non-hydrogen) atoms. The number of amides is 2. The average Bonchev–Trinajstić information content (AvgIpc) is 3.07. The second-order valence-corrected chi connectivity index (χ2v) is 7.19. The van der Waals surface area contributed by atoms with E-state index in [0.29, 0.717) is 12.2 Å². The van der Waals surface area contributed by atoms with Gasteiger partial charge in [-0.3, -0.25) is 0 Å². The molecule has 1 aliphatic heterocycles. The van der Waals surface area contributed by atoms with Gasteiger partial charge < -0.3 is 14.8 Å². The van der Waals surface area contributed by atoms with Crippen molar-refractivity contribution in [2.24, 2.45) is 5.92 Å². The van der Waals surface area contributed by atoms with Crippen molar-refractivity contribution in [3.8, 4) is 5.69 Å². The third-order valence-corrected chi connectivity index (χ3v) is 5.00. The largest absolute Gasteiger partial charge is 0.322 e. The number of benzene rings is 2. The van der Waals surface area contributed by atoms with Crippen LogP contribution in [-0.2, 0) is 6.54 Å². The van der Waals surface area contributed by atoms with Crippen LogP contribution in [0.15, 0.2) is 66.9 Å². The van der Waals surface area contributed by atoms with E-state index in [1.54, 1.807) is 12.1 Å². The fourth-order valence-corrected chi connectivity index (χ4v) is 3.80. The molecular formula is C22H22FN3O. The lowest BCUT2D eigenvalue weighted by Crippen LogP contribution is -2.39. The lowest BCUT2D eigenvalue weighted by molar-refractivity contribution is 0.162. The topological polar surface area (TPSA) is 37.3 Å². The molecule has 2 amide bonds. The number of aromatic nitrogens is 1. The number of nitrogens with one attached hydrogen (secondary N) is 1. The monoisotopic (exact) mass is 363 g/mol. The predicted molar refractivity (Wildman–Crippen MR) is 104 cm³/mol. The molecule has 0 unspecified atom stereocenters. The van der Waals surface area contributed by atoms with Gasteiger partial charge in [0.1, 0.15) is 5.82 Å². The Morgan fingerprint density at radius 2 is 1.81 bits per heavy atom. The molecular weight excluding hydrogens is 341 g/mol. The quantitative estimate of drug-likeness (QED) is 0.654. The first-order chi connectivity index (χ1) is 13.0. The van der Waals surface area contributed by atoms with Gasteiger partial charge in [0.2, 0.25) is 0 Å². The molecule has 1 N–H and O–H groups in total. The number of hydrogen-bond acceptors (Lipinski definition) is 1. The van der Waals surface area contributed by atoms with E-state index in [9.17, 15) is 9.18 Å². The van der Waals surface area contributed by atoms with E-state index >= 15 is 0 Å². The van der Waals surface area contributed by atoms with Crippen LogP contribution in [0.25, 0.3) is 5.69 Å². The van der Waals surface area contributed by atoms with Gasteiger partial charge in [-0.15, -0.1) is 0 Å². The zero-order valence-electron chi connectivity index (χ0n) is 15.4. The van der Waals surface area contributed by atoms with E-state index in [0.717, 1.165) is 16.9 Å². The van der Waals surface area contributed by atoms with Crippen molar-refractivity contribution in [2.45, 2.75) is 26.4 Å². The van der Waals surface area contributed by atoms with Crippen molar-refractivity contribution in [1.82, 2.24) is 9.47 Å². The van der Waals surface area contributed by atoms with Crippen LogP contribution in [0.5, 0.6) is 0 Å². The number of carbonyl (C=O) groups excluding carboxylic acids is 1. The standard InChI is InChI=1S/C22H22FN3O/c1-15(2)21-20-8-5-13-25(20)19-7-4-3-6-16(19)14-26(21)22(27)24-18-11-9-17(23)10-12-18/h3-13,15,21H,14H2,1-2H3,(H,24,27)/t21-/m1/s1. The molecule has 1 aliphatic rings. The number of halogens is 1. The molecule has 0 aliphatic carbocycles. The molecule has 0 fully saturated rings. The fourth-order valence-electron chi connectivity index (χ4n) is 3.80. The Labute approximate surface area is 158 Å². The third kappa shape index (κ3) is 3.21. The minimum atomic E-state index is -0.324. The summed E-state index contributed by atoms with van der Waals surface area (Å²) in [4.78, 5) is 15.0. The number of rotatable bonds is 2. The maximum Gasteiger partial charge on any atom is 0.322 e. The van der Waals surface area contributed by atoms with Gasteiger partial charge in [0.25, 0.3) is 0 Å². The number of hydrogen-bond donors (Lipinski definition) is 1. The Morgan fingerprint density at radius 1 is 1.07 bits per heavy atom. The Balaban J connectivity index is 1.74. The minimum Gasteiger partial charge on any atom is -0.318 e. The molecule has 4 nitrogen and oxygen atoms in total. The highest BCUT2D eigenvalue weighted by molar-refractivity contribution is 5.89. The van der Waals surface area contributed by atoms with E-state index in [1.165, 1.54) is 12.1 Å². The molecule has 1 atom stereocenters. The predicted octanol–water partition coefficient (Wildman–Crippen LogP) is 5.36. The normalized spacial score (nSPS) is 15.9. The van der Waals surface area contributed by atoms with Gasteiger partial charge in [0, 0.05) is 17.6 Å². The van der Waals surface area contributed by atoms with Gasteiger partial charge in [0.15, 0.2) is 0 Å². The molecule has 3 aromatic rings. The second-order valence-electron chi connectivity index (χ2n) is 7.19. The summed E-state index contributed by atoms with van der Waals surface area (Å²) in [7, 11) is 0. The summed E-state index contributed by atoms with van der Waals surface area (Å²) in [6.45, 7) is 4.75. The van der Waals surface area contributed by atoms with E-state index < -0.39 is 0 Å². The maximum absolute atomic E-state index is 13.2. The highest BCUT2D eigenvalue weighted by atomic mass is 19.1. The molecule has 138 valence electrons. The molecule has 0 saturated carbocycles. The summed E-state index contributed by atoms with van der Waals surface area (Å²) in [6, 6.07) is 17.8. The lowest BCUT2D eigenvalue weighted by atomic mass is 9.99. The maximum atomic E-state index is 13.2. The highest BCUT2D eigenvalue weighted by Gasteiger charge is 2.33. The Kier molecular flexibility index (Phi) is 4.44. The van der Waals surface area contributed by atoms with Crippen LogP contribution < -0.4 is 5.32 Å². The van der Waals surface area contributed by atoms with Gasteiger partial charge in [-0.2, -0.15) is 0 Å². The molecule has 4 rings (SSSR count). The number of carbonyl (C=O) groups is 1. The molecule has 0 bridgehead atoms. The van der Waals surface area contributed by atoms with Gasteiger partial charge in [-0.25, -0.2) is 9.18 Å². The zero-order valence-corrected chi connectivity index (χ0v) is 15.4. The molecule has 2 aromatic carbocycles. The van der Waals surface area contributed by atoms with Gasteiger partial charge in [-0.1, -0.05) is 32.0 Å². The van der Waals surface area contributed by atoms with Gasteiger partial charge in [-0.05, 0) is 53.9 Å². The van der Waals surface area contributed by atoms with Crippen LogP contribution in [0.3, 0.4) is 0 Å². The molecule has 1 aromatic heterocycles. The lowest BCUT2D eigenvalue weighted by Gasteiger charge is -2.33. The highest BCUT2D eigenvalue weighted by Crippen LogP contribution is 2.36. The number of anilines is 1. The summed E-state index contributed by atoms with van der Waals surface area (Å²) in [5.41, 5.74) is 3.86. The van der Waals surface area contributed by atoms with Crippen molar-refractivity contribution in [2.75, 3.05) is 5.32 Å². The van der Waals surface area contributed by atoms with E-state index in [1.807, 2.05) is 29.3 Å². The van der Waals surface area contributed by atoms with Crippen molar-refractivity contribution in [3.05, 3.63) is 83.9 Å². The Hall–Kier alpha value is -3.08. The van der Waals surface area contributed by atoms with Crippen molar-refractivity contribution >= 4 is 11.7 Å². The number of urea groups is 1. The summed E-state index contributed by atoms with van der Waals surface area (Å²) in [6.07, 6.45) is 2.05. The van der Waals surface area contributed by atoms with Gasteiger partial charge in [0.05, 0.1) is 18.3 Å². The van der Waals surface area contributed by atoms with Crippen LogP contribution in [0.2, 0.25) is 0 Å². The first kappa shape index (κ1) is 17.3. The van der Waals surface area contributed by atoms with Crippen molar-refractivity contribution < 1.29 is 9.18 Å². The molecule has 0 saturated heterocycles. The number of nitrogens with zero attached hydrogens (tertiary/aromatic N) is 2. The minimum absolute atomic E-state index is 0.0761. The summed E-state index contributed by atoms with van der Waals surface area (Å²) >= 11 is 0. The Morgan fingerprint density at radius 3 is 2.56 bits per heavy atom. The van der Waals surface area contributed by atoms with Crippen LogP contribution in [0.4, 0.5) is 14.9 Å². The third-order valence-electron chi connectivity index (χ3n) is 5.00. The molecule has 5 heteroatoms. The Bertz CT molecular complexity index is 962. The van der Waals surface area contributed by atoms with Crippen LogP contribution in [0, 0.1) is 11.7 Å².